The normalized spacial score (nSPS) is 17.1. The van der Waals surface area contributed by atoms with Gasteiger partial charge in [0.2, 0.25) is 0 Å². The van der Waals surface area contributed by atoms with Gasteiger partial charge in [0.05, 0.1) is 11.2 Å². The zero-order valence-electron chi connectivity index (χ0n) is 21.8. The highest BCUT2D eigenvalue weighted by molar-refractivity contribution is 6.11. The maximum absolute atomic E-state index is 13.3. The molecular weight excluding hydrogens is 474 g/mol. The summed E-state index contributed by atoms with van der Waals surface area (Å²) in [6, 6.07) is 12.1. The van der Waals surface area contributed by atoms with Crippen LogP contribution in [0.15, 0.2) is 55.0 Å². The molecule has 6 rings (SSSR count). The Morgan fingerprint density at radius 1 is 0.842 bits per heavy atom. The molecule has 0 radical (unpaired) electrons. The van der Waals surface area contributed by atoms with E-state index in [1.54, 1.807) is 6.20 Å². The summed E-state index contributed by atoms with van der Waals surface area (Å²) in [5.41, 5.74) is 6.20. The van der Waals surface area contributed by atoms with Crippen molar-refractivity contribution in [1.82, 2.24) is 30.0 Å². The molecule has 0 spiro atoms. The van der Waals surface area contributed by atoms with E-state index < -0.39 is 0 Å². The Morgan fingerprint density at radius 3 is 2.39 bits per heavy atom. The third-order valence-electron chi connectivity index (χ3n) is 7.67. The molecule has 0 aliphatic carbocycles. The fraction of sp³-hybridized carbons (Fsp3) is 0.400. The highest BCUT2D eigenvalue weighted by Crippen LogP contribution is 2.27. The molecule has 2 aliphatic rings. The fourth-order valence-corrected chi connectivity index (χ4v) is 5.65. The number of aromatic nitrogens is 4. The SMILES string of the molecule is O=C(Nc1ccnc(CN2CCCCC2)c1)c1n[nH]c2ccc(-c3cncc(CN4CCCCC4)c3)cc12. The summed E-state index contributed by atoms with van der Waals surface area (Å²) in [7, 11) is 0. The molecular formula is C30H35N7O. The van der Waals surface area contributed by atoms with Crippen LogP contribution in [0.4, 0.5) is 5.69 Å². The quantitative estimate of drug-likeness (QED) is 0.354. The summed E-state index contributed by atoms with van der Waals surface area (Å²) in [5.74, 6) is -0.236. The molecule has 5 heterocycles. The van der Waals surface area contributed by atoms with Crippen molar-refractivity contribution in [2.75, 3.05) is 31.5 Å². The van der Waals surface area contributed by atoms with E-state index in [2.05, 4.69) is 47.4 Å². The van der Waals surface area contributed by atoms with Crippen molar-refractivity contribution >= 4 is 22.5 Å². The summed E-state index contributed by atoms with van der Waals surface area (Å²) in [6.07, 6.45) is 13.3. The van der Waals surface area contributed by atoms with Gasteiger partial charge in [-0.3, -0.25) is 29.7 Å². The molecule has 8 heteroatoms. The van der Waals surface area contributed by atoms with Gasteiger partial charge in [0.15, 0.2) is 5.69 Å². The molecule has 0 atom stereocenters. The number of piperidine rings is 2. The first-order valence-electron chi connectivity index (χ1n) is 13.8. The molecule has 0 unspecified atom stereocenters. The maximum Gasteiger partial charge on any atom is 0.276 e. The lowest BCUT2D eigenvalue weighted by Crippen LogP contribution is -2.29. The molecule has 0 saturated carbocycles. The lowest BCUT2D eigenvalue weighted by molar-refractivity contribution is 0.102. The van der Waals surface area contributed by atoms with E-state index >= 15 is 0 Å². The van der Waals surface area contributed by atoms with Crippen molar-refractivity contribution in [2.45, 2.75) is 51.6 Å². The third kappa shape index (κ3) is 5.76. The summed E-state index contributed by atoms with van der Waals surface area (Å²) in [4.78, 5) is 27.2. The second-order valence-electron chi connectivity index (χ2n) is 10.6. The minimum absolute atomic E-state index is 0.236. The van der Waals surface area contributed by atoms with Crippen LogP contribution in [0.3, 0.4) is 0 Å². The zero-order chi connectivity index (χ0) is 25.7. The molecule has 38 heavy (non-hydrogen) atoms. The molecule has 4 aromatic rings. The smallest absolute Gasteiger partial charge is 0.276 e. The molecule has 8 nitrogen and oxygen atoms in total. The van der Waals surface area contributed by atoms with E-state index in [4.69, 9.17) is 0 Å². The second kappa shape index (κ2) is 11.4. The number of anilines is 1. The van der Waals surface area contributed by atoms with E-state index in [1.165, 1.54) is 44.1 Å². The number of H-pyrrole nitrogens is 1. The number of fused-ring (bicyclic) bond motifs is 1. The summed E-state index contributed by atoms with van der Waals surface area (Å²) in [6.45, 7) is 6.26. The van der Waals surface area contributed by atoms with Crippen LogP contribution in [0, 0.1) is 0 Å². The third-order valence-corrected chi connectivity index (χ3v) is 7.67. The number of rotatable bonds is 7. The Bertz CT molecular complexity index is 1400. The largest absolute Gasteiger partial charge is 0.320 e. The number of nitrogens with one attached hydrogen (secondary N) is 2. The van der Waals surface area contributed by atoms with Crippen LogP contribution in [0.2, 0.25) is 0 Å². The molecule has 2 aliphatic heterocycles. The van der Waals surface area contributed by atoms with Crippen LogP contribution < -0.4 is 5.32 Å². The minimum Gasteiger partial charge on any atom is -0.320 e. The Kier molecular flexibility index (Phi) is 7.42. The van der Waals surface area contributed by atoms with Gasteiger partial charge >= 0.3 is 0 Å². The molecule has 2 N–H and O–H groups in total. The number of carbonyl (C=O) groups excluding carboxylic acids is 1. The van der Waals surface area contributed by atoms with E-state index in [0.717, 1.165) is 72.7 Å². The minimum atomic E-state index is -0.236. The Labute approximate surface area is 223 Å². The van der Waals surface area contributed by atoms with Crippen molar-refractivity contribution in [3.05, 3.63) is 71.9 Å². The first-order chi connectivity index (χ1) is 18.7. The zero-order valence-corrected chi connectivity index (χ0v) is 21.8. The van der Waals surface area contributed by atoms with Crippen molar-refractivity contribution < 1.29 is 4.79 Å². The Hall–Kier alpha value is -3.62. The maximum atomic E-state index is 13.3. The van der Waals surface area contributed by atoms with Crippen LogP contribution in [0.5, 0.6) is 0 Å². The van der Waals surface area contributed by atoms with Gasteiger partial charge in [-0.1, -0.05) is 18.9 Å². The Morgan fingerprint density at radius 2 is 1.61 bits per heavy atom. The molecule has 0 bridgehead atoms. The molecule has 196 valence electrons. The standard InChI is InChI=1S/C30H35N7O/c38-30(33-25-9-10-32-26(17-25)21-37-13-5-2-6-14-37)29-27-16-23(7-8-28(27)34-35-29)24-15-22(18-31-19-24)20-36-11-3-1-4-12-36/h7-10,15-19H,1-6,11-14,20-21H2,(H,34,35)(H,32,33,38). The number of likely N-dealkylation sites (tertiary alicyclic amines) is 2. The molecule has 1 aromatic carbocycles. The van der Waals surface area contributed by atoms with Gasteiger partial charge in [-0.15, -0.1) is 0 Å². The number of nitrogens with zero attached hydrogens (tertiary/aromatic N) is 5. The number of amides is 1. The average Bonchev–Trinajstić information content (AvgIpc) is 3.38. The number of pyridine rings is 2. The molecule has 3 aromatic heterocycles. The fourth-order valence-electron chi connectivity index (χ4n) is 5.65. The van der Waals surface area contributed by atoms with E-state index in [9.17, 15) is 4.79 Å². The Balaban J connectivity index is 1.19. The average molecular weight is 510 g/mol. The number of aromatic amines is 1. The lowest BCUT2D eigenvalue weighted by Gasteiger charge is -2.26. The first-order valence-corrected chi connectivity index (χ1v) is 13.8. The monoisotopic (exact) mass is 509 g/mol. The summed E-state index contributed by atoms with van der Waals surface area (Å²) < 4.78 is 0. The van der Waals surface area contributed by atoms with Crippen molar-refractivity contribution in [1.29, 1.82) is 0 Å². The van der Waals surface area contributed by atoms with Crippen LogP contribution in [-0.4, -0.2) is 62.1 Å². The number of benzene rings is 1. The van der Waals surface area contributed by atoms with E-state index in [0.29, 0.717) is 5.69 Å². The topological polar surface area (TPSA) is 90.0 Å². The van der Waals surface area contributed by atoms with Gasteiger partial charge in [0.25, 0.3) is 5.91 Å². The van der Waals surface area contributed by atoms with Crippen LogP contribution in [-0.2, 0) is 13.1 Å². The number of hydrogen-bond donors (Lipinski definition) is 2. The molecule has 2 saturated heterocycles. The highest BCUT2D eigenvalue weighted by Gasteiger charge is 2.17. The first kappa shape index (κ1) is 24.7. The van der Waals surface area contributed by atoms with Gasteiger partial charge in [-0.05, 0) is 93.3 Å². The van der Waals surface area contributed by atoms with Crippen LogP contribution in [0.1, 0.15) is 60.3 Å². The number of carbonyl (C=O) groups is 1. The summed E-state index contributed by atoms with van der Waals surface area (Å²) in [5, 5.41) is 11.2. The molecule has 1 amide bonds. The highest BCUT2D eigenvalue weighted by atomic mass is 16.1. The van der Waals surface area contributed by atoms with Crippen molar-refractivity contribution in [3.63, 3.8) is 0 Å². The van der Waals surface area contributed by atoms with Gasteiger partial charge in [-0.25, -0.2) is 0 Å². The predicted octanol–water partition coefficient (Wildman–Crippen LogP) is 5.24. The predicted molar refractivity (Wildman–Crippen MR) is 150 cm³/mol. The van der Waals surface area contributed by atoms with Gasteiger partial charge in [0, 0.05) is 48.3 Å². The van der Waals surface area contributed by atoms with Gasteiger partial charge in [0.1, 0.15) is 0 Å². The van der Waals surface area contributed by atoms with Crippen molar-refractivity contribution in [2.24, 2.45) is 0 Å². The van der Waals surface area contributed by atoms with Crippen molar-refractivity contribution in [3.8, 4) is 11.1 Å². The van der Waals surface area contributed by atoms with Crippen LogP contribution >= 0.6 is 0 Å². The molecule has 2 fully saturated rings. The number of hydrogen-bond acceptors (Lipinski definition) is 6. The van der Waals surface area contributed by atoms with E-state index in [-0.39, 0.29) is 5.91 Å². The van der Waals surface area contributed by atoms with Crippen LogP contribution in [0.25, 0.3) is 22.0 Å². The lowest BCUT2D eigenvalue weighted by atomic mass is 10.0. The summed E-state index contributed by atoms with van der Waals surface area (Å²) >= 11 is 0. The second-order valence-corrected chi connectivity index (χ2v) is 10.6. The van der Waals surface area contributed by atoms with E-state index in [1.807, 2.05) is 36.7 Å². The van der Waals surface area contributed by atoms with Gasteiger partial charge in [-0.2, -0.15) is 5.10 Å². The van der Waals surface area contributed by atoms with Gasteiger partial charge < -0.3 is 5.32 Å².